The Morgan fingerprint density at radius 1 is 1.33 bits per heavy atom. The number of nitrogens with one attached hydrogen (secondary N) is 2. The molecule has 3 rings (SSSR count). The largest absolute Gasteiger partial charge is 0.324 e. The fraction of sp³-hybridized carbons (Fsp3) is 0.375. The molecule has 0 saturated carbocycles. The second-order valence-electron chi connectivity index (χ2n) is 5.46. The van der Waals surface area contributed by atoms with E-state index >= 15 is 0 Å². The maximum atomic E-state index is 12.0. The number of anilines is 1. The van der Waals surface area contributed by atoms with Crippen molar-refractivity contribution in [3.05, 3.63) is 40.7 Å². The van der Waals surface area contributed by atoms with Gasteiger partial charge >= 0.3 is 0 Å². The summed E-state index contributed by atoms with van der Waals surface area (Å²) in [6, 6.07) is 5.76. The predicted octanol–water partition coefficient (Wildman–Crippen LogP) is 2.40. The molecule has 2 N–H and O–H groups in total. The average Bonchev–Trinajstić information content (AvgIpc) is 2.91. The molecule has 0 fully saturated rings. The van der Waals surface area contributed by atoms with E-state index in [4.69, 9.17) is 0 Å². The molecule has 1 atom stereocenters. The summed E-state index contributed by atoms with van der Waals surface area (Å²) in [6.45, 7) is 8.90. The van der Waals surface area contributed by atoms with Crippen molar-refractivity contribution in [2.75, 3.05) is 11.9 Å². The van der Waals surface area contributed by atoms with E-state index in [9.17, 15) is 4.79 Å². The van der Waals surface area contributed by atoms with Crippen LogP contribution in [0, 0.1) is 20.8 Å². The van der Waals surface area contributed by atoms with Crippen molar-refractivity contribution in [3.63, 3.8) is 0 Å². The van der Waals surface area contributed by atoms with Crippen molar-refractivity contribution in [2.45, 2.75) is 33.7 Å². The van der Waals surface area contributed by atoms with Crippen LogP contribution >= 0.6 is 0 Å². The Hall–Kier alpha value is -2.14. The standard InChI is InChI=1S/C16H20N4O/c1-5-17-15-13-7-6-12(8-14(13)18-16(15)21)20-11(4)9(2)10(3)19-20/h6-8,15,17H,5H2,1-4H3,(H,18,21). The van der Waals surface area contributed by atoms with Gasteiger partial charge in [0.1, 0.15) is 6.04 Å². The topological polar surface area (TPSA) is 59.0 Å². The Balaban J connectivity index is 2.03. The fourth-order valence-corrected chi connectivity index (χ4v) is 2.76. The van der Waals surface area contributed by atoms with Crippen LogP contribution in [-0.4, -0.2) is 22.2 Å². The van der Waals surface area contributed by atoms with Crippen molar-refractivity contribution in [2.24, 2.45) is 0 Å². The first-order valence-electron chi connectivity index (χ1n) is 7.24. The molecule has 1 aliphatic rings. The quantitative estimate of drug-likeness (QED) is 0.910. The molecule has 2 heterocycles. The van der Waals surface area contributed by atoms with Gasteiger partial charge in [-0.1, -0.05) is 13.0 Å². The van der Waals surface area contributed by atoms with E-state index in [1.54, 1.807) is 0 Å². The Kier molecular flexibility index (Phi) is 3.29. The second kappa shape index (κ2) is 5.00. The lowest BCUT2D eigenvalue weighted by Crippen LogP contribution is -2.27. The minimum Gasteiger partial charge on any atom is -0.324 e. The van der Waals surface area contributed by atoms with Gasteiger partial charge in [-0.05, 0) is 45.0 Å². The van der Waals surface area contributed by atoms with E-state index in [2.05, 4.69) is 29.6 Å². The van der Waals surface area contributed by atoms with Gasteiger partial charge in [-0.3, -0.25) is 4.79 Å². The number of benzene rings is 1. The third kappa shape index (κ3) is 2.14. The monoisotopic (exact) mass is 284 g/mol. The molecule has 5 nitrogen and oxygen atoms in total. The first-order chi connectivity index (χ1) is 10.0. The minimum absolute atomic E-state index is 0.00792. The molecule has 1 aliphatic heterocycles. The summed E-state index contributed by atoms with van der Waals surface area (Å²) < 4.78 is 1.93. The highest BCUT2D eigenvalue weighted by atomic mass is 16.2. The van der Waals surface area contributed by atoms with Crippen molar-refractivity contribution >= 4 is 11.6 Å². The van der Waals surface area contributed by atoms with Gasteiger partial charge in [0.25, 0.3) is 0 Å². The molecule has 110 valence electrons. The third-order valence-corrected chi connectivity index (χ3v) is 4.17. The zero-order chi connectivity index (χ0) is 15.1. The fourth-order valence-electron chi connectivity index (χ4n) is 2.76. The summed E-state index contributed by atoms with van der Waals surface area (Å²) in [4.78, 5) is 12.0. The molecule has 1 aromatic heterocycles. The Bertz CT molecular complexity index is 717. The number of fused-ring (bicyclic) bond motifs is 1. The minimum atomic E-state index is -0.249. The predicted molar refractivity (Wildman–Crippen MR) is 82.8 cm³/mol. The maximum absolute atomic E-state index is 12.0. The zero-order valence-electron chi connectivity index (χ0n) is 12.8. The summed E-state index contributed by atoms with van der Waals surface area (Å²) in [5, 5.41) is 10.7. The van der Waals surface area contributed by atoms with Gasteiger partial charge in [-0.2, -0.15) is 5.10 Å². The smallest absolute Gasteiger partial charge is 0.246 e. The molecule has 1 unspecified atom stereocenters. The first kappa shape index (κ1) is 13.8. The van der Waals surface area contributed by atoms with E-state index in [0.717, 1.165) is 34.9 Å². The van der Waals surface area contributed by atoms with Crippen LogP contribution in [0.25, 0.3) is 5.69 Å². The number of likely N-dealkylation sites (N-methyl/N-ethyl adjacent to an activating group) is 1. The number of carbonyl (C=O) groups excluding carboxylic acids is 1. The first-order valence-corrected chi connectivity index (χ1v) is 7.24. The van der Waals surface area contributed by atoms with Gasteiger partial charge in [-0.25, -0.2) is 4.68 Å². The van der Waals surface area contributed by atoms with Gasteiger partial charge in [0.15, 0.2) is 0 Å². The van der Waals surface area contributed by atoms with E-state index in [1.165, 1.54) is 5.56 Å². The van der Waals surface area contributed by atoms with Gasteiger partial charge < -0.3 is 10.6 Å². The average molecular weight is 284 g/mol. The maximum Gasteiger partial charge on any atom is 0.246 e. The van der Waals surface area contributed by atoms with Crippen LogP contribution in [0.2, 0.25) is 0 Å². The SMILES string of the molecule is CCNC1C(=O)Nc2cc(-n3nc(C)c(C)c3C)ccc21. The zero-order valence-corrected chi connectivity index (χ0v) is 12.8. The number of hydrogen-bond donors (Lipinski definition) is 2. The lowest BCUT2D eigenvalue weighted by atomic mass is 10.1. The number of amides is 1. The van der Waals surface area contributed by atoms with Crippen molar-refractivity contribution in [1.82, 2.24) is 15.1 Å². The summed E-state index contributed by atoms with van der Waals surface area (Å²) in [6.07, 6.45) is 0. The molecule has 0 bridgehead atoms. The highest BCUT2D eigenvalue weighted by Crippen LogP contribution is 2.32. The number of rotatable bonds is 3. The summed E-state index contributed by atoms with van der Waals surface area (Å²) in [5.74, 6) is 0.00792. The molecule has 2 aromatic rings. The van der Waals surface area contributed by atoms with E-state index in [-0.39, 0.29) is 11.9 Å². The molecular formula is C16H20N4O. The summed E-state index contributed by atoms with van der Waals surface area (Å²) in [5.41, 5.74) is 6.20. The molecule has 1 amide bonds. The lowest BCUT2D eigenvalue weighted by Gasteiger charge is -2.10. The van der Waals surface area contributed by atoms with Crippen LogP contribution in [0.15, 0.2) is 18.2 Å². The normalized spacial score (nSPS) is 17.0. The number of aromatic nitrogens is 2. The third-order valence-electron chi connectivity index (χ3n) is 4.17. The van der Waals surface area contributed by atoms with E-state index in [1.807, 2.05) is 36.7 Å². The number of nitrogens with zero attached hydrogens (tertiary/aromatic N) is 2. The molecule has 0 aliphatic carbocycles. The second-order valence-corrected chi connectivity index (χ2v) is 5.46. The van der Waals surface area contributed by atoms with Crippen LogP contribution in [0.4, 0.5) is 5.69 Å². The highest BCUT2D eigenvalue weighted by molar-refractivity contribution is 6.02. The van der Waals surface area contributed by atoms with Gasteiger partial charge in [0.2, 0.25) is 5.91 Å². The molecule has 0 saturated heterocycles. The summed E-state index contributed by atoms with van der Waals surface area (Å²) >= 11 is 0. The van der Waals surface area contributed by atoms with Gasteiger partial charge in [-0.15, -0.1) is 0 Å². The molecular weight excluding hydrogens is 264 g/mol. The van der Waals surface area contributed by atoms with Gasteiger partial charge in [0.05, 0.1) is 11.4 Å². The number of aryl methyl sites for hydroxylation is 1. The number of hydrogen-bond acceptors (Lipinski definition) is 3. The number of carbonyl (C=O) groups is 1. The van der Waals surface area contributed by atoms with Crippen molar-refractivity contribution < 1.29 is 4.79 Å². The van der Waals surface area contributed by atoms with Crippen LogP contribution in [-0.2, 0) is 4.79 Å². The van der Waals surface area contributed by atoms with Crippen LogP contribution in [0.3, 0.4) is 0 Å². The van der Waals surface area contributed by atoms with Crippen LogP contribution < -0.4 is 10.6 Å². The highest BCUT2D eigenvalue weighted by Gasteiger charge is 2.30. The molecule has 1 aromatic carbocycles. The Morgan fingerprint density at radius 2 is 2.10 bits per heavy atom. The van der Waals surface area contributed by atoms with Crippen molar-refractivity contribution in [1.29, 1.82) is 0 Å². The molecule has 5 heteroatoms. The molecule has 0 spiro atoms. The van der Waals surface area contributed by atoms with Gasteiger partial charge in [0, 0.05) is 16.9 Å². The van der Waals surface area contributed by atoms with E-state index in [0.29, 0.717) is 0 Å². The molecule has 21 heavy (non-hydrogen) atoms. The van der Waals surface area contributed by atoms with Crippen molar-refractivity contribution in [3.8, 4) is 5.69 Å². The van der Waals surface area contributed by atoms with Crippen LogP contribution in [0.5, 0.6) is 0 Å². The van der Waals surface area contributed by atoms with E-state index < -0.39 is 0 Å². The Morgan fingerprint density at radius 3 is 2.71 bits per heavy atom. The van der Waals surface area contributed by atoms with Crippen LogP contribution in [0.1, 0.15) is 35.5 Å². The molecule has 0 radical (unpaired) electrons. The lowest BCUT2D eigenvalue weighted by molar-refractivity contribution is -0.117. The Labute approximate surface area is 124 Å². The summed E-state index contributed by atoms with van der Waals surface area (Å²) in [7, 11) is 0.